The van der Waals surface area contributed by atoms with Crippen molar-refractivity contribution >= 4 is 40.0 Å². The Balaban J connectivity index is 2.41. The first kappa shape index (κ1) is 13.4. The Morgan fingerprint density at radius 3 is 2.56 bits per heavy atom. The van der Waals surface area contributed by atoms with Crippen molar-refractivity contribution in [2.45, 2.75) is 0 Å². The van der Waals surface area contributed by atoms with E-state index in [2.05, 4.69) is 22.6 Å². The third-order valence-electron chi connectivity index (χ3n) is 2.53. The van der Waals surface area contributed by atoms with Crippen LogP contribution in [0.4, 0.5) is 0 Å². The minimum Gasteiger partial charge on any atom is -0.495 e. The highest BCUT2D eigenvalue weighted by Crippen LogP contribution is 2.26. The van der Waals surface area contributed by atoms with Crippen molar-refractivity contribution in [1.82, 2.24) is 0 Å². The van der Waals surface area contributed by atoms with Gasteiger partial charge in [0.05, 0.1) is 12.1 Å². The third kappa shape index (κ3) is 2.67. The minimum atomic E-state index is -0.0375. The Labute approximate surface area is 124 Å². The van der Waals surface area contributed by atoms with Crippen LogP contribution in [0.25, 0.3) is 0 Å². The van der Waals surface area contributed by atoms with E-state index in [4.69, 9.17) is 16.3 Å². The van der Waals surface area contributed by atoms with E-state index in [1.165, 1.54) is 0 Å². The van der Waals surface area contributed by atoms with Crippen LogP contribution in [0.2, 0.25) is 5.02 Å². The highest BCUT2D eigenvalue weighted by atomic mass is 127. The molecule has 92 valence electrons. The summed E-state index contributed by atoms with van der Waals surface area (Å²) in [7, 11) is 1.54. The number of carbonyl (C=O) groups excluding carboxylic acids is 1. The quantitative estimate of drug-likeness (QED) is 0.597. The van der Waals surface area contributed by atoms with Gasteiger partial charge in [-0.1, -0.05) is 23.7 Å². The summed E-state index contributed by atoms with van der Waals surface area (Å²) in [6.45, 7) is 0. The summed E-state index contributed by atoms with van der Waals surface area (Å²) < 4.78 is 5.99. The smallest absolute Gasteiger partial charge is 0.194 e. The molecule has 0 spiro atoms. The lowest BCUT2D eigenvalue weighted by Gasteiger charge is -2.06. The van der Waals surface area contributed by atoms with E-state index in [1.807, 2.05) is 24.3 Å². The van der Waals surface area contributed by atoms with Crippen LogP contribution in [0.3, 0.4) is 0 Å². The predicted octanol–water partition coefficient (Wildman–Crippen LogP) is 4.18. The van der Waals surface area contributed by atoms with E-state index >= 15 is 0 Å². The molecule has 0 amide bonds. The summed E-state index contributed by atoms with van der Waals surface area (Å²) in [6, 6.07) is 12.5. The second kappa shape index (κ2) is 5.71. The fourth-order valence-electron chi connectivity index (χ4n) is 1.61. The van der Waals surface area contributed by atoms with Crippen molar-refractivity contribution in [2.75, 3.05) is 7.11 Å². The van der Waals surface area contributed by atoms with E-state index in [0.717, 1.165) is 3.57 Å². The number of methoxy groups -OCH3 is 1. The van der Waals surface area contributed by atoms with E-state index in [9.17, 15) is 4.79 Å². The molecule has 0 saturated heterocycles. The lowest BCUT2D eigenvalue weighted by atomic mass is 10.0. The lowest BCUT2D eigenvalue weighted by Crippen LogP contribution is -2.03. The summed E-state index contributed by atoms with van der Waals surface area (Å²) in [5, 5.41) is 0.439. The fourth-order valence-corrected chi connectivity index (χ4v) is 2.50. The van der Waals surface area contributed by atoms with Crippen molar-refractivity contribution in [3.63, 3.8) is 0 Å². The number of ether oxygens (including phenoxy) is 1. The largest absolute Gasteiger partial charge is 0.495 e. The summed E-state index contributed by atoms with van der Waals surface area (Å²) in [4.78, 5) is 12.3. The summed E-state index contributed by atoms with van der Waals surface area (Å²) >= 11 is 8.17. The van der Waals surface area contributed by atoms with Crippen LogP contribution in [-0.2, 0) is 0 Å². The molecule has 0 aliphatic heterocycles. The number of hydrogen-bond donors (Lipinski definition) is 0. The summed E-state index contributed by atoms with van der Waals surface area (Å²) in [5.41, 5.74) is 1.24. The molecule has 0 bridgehead atoms. The molecule has 0 N–H and O–H groups in total. The second-order valence-corrected chi connectivity index (χ2v) is 5.23. The van der Waals surface area contributed by atoms with Gasteiger partial charge in [0.2, 0.25) is 0 Å². The van der Waals surface area contributed by atoms with Gasteiger partial charge in [-0.2, -0.15) is 0 Å². The molecule has 0 radical (unpaired) electrons. The number of hydrogen-bond acceptors (Lipinski definition) is 2. The van der Waals surface area contributed by atoms with Crippen LogP contribution in [0.1, 0.15) is 15.9 Å². The van der Waals surface area contributed by atoms with E-state index in [-0.39, 0.29) is 5.78 Å². The van der Waals surface area contributed by atoms with Crippen molar-refractivity contribution < 1.29 is 9.53 Å². The van der Waals surface area contributed by atoms with Crippen LogP contribution in [0.5, 0.6) is 5.75 Å². The predicted molar refractivity (Wildman–Crippen MR) is 80.6 cm³/mol. The average molecular weight is 373 g/mol. The molecule has 0 atom stereocenters. The van der Waals surface area contributed by atoms with Gasteiger partial charge in [-0.3, -0.25) is 4.79 Å². The molecule has 4 heteroatoms. The van der Waals surface area contributed by atoms with E-state index in [1.54, 1.807) is 25.3 Å². The van der Waals surface area contributed by atoms with Crippen LogP contribution in [-0.4, -0.2) is 12.9 Å². The molecule has 0 fully saturated rings. The maximum atomic E-state index is 12.3. The zero-order chi connectivity index (χ0) is 13.1. The van der Waals surface area contributed by atoms with Gasteiger partial charge in [-0.05, 0) is 52.9 Å². The van der Waals surface area contributed by atoms with Gasteiger partial charge in [-0.25, -0.2) is 0 Å². The zero-order valence-corrected chi connectivity index (χ0v) is 12.5. The van der Waals surface area contributed by atoms with Gasteiger partial charge in [0.15, 0.2) is 5.78 Å². The van der Waals surface area contributed by atoms with Crippen LogP contribution >= 0.6 is 34.2 Å². The minimum absolute atomic E-state index is 0.0375. The average Bonchev–Trinajstić information content (AvgIpc) is 2.38. The molecule has 0 aliphatic carbocycles. The first-order chi connectivity index (χ1) is 8.63. The molecule has 0 saturated carbocycles. The van der Waals surface area contributed by atoms with Gasteiger partial charge < -0.3 is 4.74 Å². The highest BCUT2D eigenvalue weighted by Gasteiger charge is 2.13. The highest BCUT2D eigenvalue weighted by molar-refractivity contribution is 14.1. The number of carbonyl (C=O) groups is 1. The summed E-state index contributed by atoms with van der Waals surface area (Å²) in [6.07, 6.45) is 0. The zero-order valence-electron chi connectivity index (χ0n) is 9.61. The Morgan fingerprint density at radius 2 is 1.94 bits per heavy atom. The first-order valence-electron chi connectivity index (χ1n) is 5.26. The molecule has 0 aromatic heterocycles. The number of benzene rings is 2. The molecule has 2 rings (SSSR count). The van der Waals surface area contributed by atoms with E-state index < -0.39 is 0 Å². The monoisotopic (exact) mass is 372 g/mol. The lowest BCUT2D eigenvalue weighted by molar-refractivity contribution is 0.103. The molecule has 0 aliphatic rings. The Bertz CT molecular complexity index is 596. The second-order valence-electron chi connectivity index (χ2n) is 3.66. The van der Waals surface area contributed by atoms with Gasteiger partial charge in [0, 0.05) is 14.7 Å². The molecular weight excluding hydrogens is 363 g/mol. The molecule has 0 heterocycles. The Hall–Kier alpha value is -1.07. The fraction of sp³-hybridized carbons (Fsp3) is 0.0714. The SMILES string of the molecule is COc1ccc(C(=O)c2ccccc2I)cc1Cl. The summed E-state index contributed by atoms with van der Waals surface area (Å²) in [5.74, 6) is 0.528. The normalized spacial score (nSPS) is 10.2. The van der Waals surface area contributed by atoms with Crippen LogP contribution in [0.15, 0.2) is 42.5 Å². The van der Waals surface area contributed by atoms with Crippen LogP contribution in [0, 0.1) is 3.57 Å². The van der Waals surface area contributed by atoms with Crippen molar-refractivity contribution in [3.8, 4) is 5.75 Å². The molecule has 2 aromatic carbocycles. The van der Waals surface area contributed by atoms with Gasteiger partial charge in [-0.15, -0.1) is 0 Å². The molecule has 18 heavy (non-hydrogen) atoms. The Kier molecular flexibility index (Phi) is 4.24. The first-order valence-corrected chi connectivity index (χ1v) is 6.72. The van der Waals surface area contributed by atoms with Gasteiger partial charge in [0.1, 0.15) is 5.75 Å². The Morgan fingerprint density at radius 1 is 1.22 bits per heavy atom. The standard InChI is InChI=1S/C14H10ClIO2/c1-18-13-7-6-9(8-11(13)15)14(17)10-4-2-3-5-12(10)16/h2-8H,1H3. The number of ketones is 1. The third-order valence-corrected chi connectivity index (χ3v) is 3.77. The van der Waals surface area contributed by atoms with Gasteiger partial charge >= 0.3 is 0 Å². The number of halogens is 2. The molecule has 2 nitrogen and oxygen atoms in total. The maximum Gasteiger partial charge on any atom is 0.194 e. The van der Waals surface area contributed by atoms with Crippen molar-refractivity contribution in [2.24, 2.45) is 0 Å². The molecular formula is C14H10ClIO2. The van der Waals surface area contributed by atoms with Crippen LogP contribution < -0.4 is 4.74 Å². The van der Waals surface area contributed by atoms with Crippen molar-refractivity contribution in [3.05, 3.63) is 62.2 Å². The van der Waals surface area contributed by atoms with E-state index in [0.29, 0.717) is 21.9 Å². The number of rotatable bonds is 3. The molecule has 0 unspecified atom stereocenters. The van der Waals surface area contributed by atoms with Gasteiger partial charge in [0.25, 0.3) is 0 Å². The maximum absolute atomic E-state index is 12.3. The van der Waals surface area contributed by atoms with Crippen molar-refractivity contribution in [1.29, 1.82) is 0 Å². The molecule has 2 aromatic rings. The topological polar surface area (TPSA) is 26.3 Å².